The largest absolute Gasteiger partial charge is 0.366 e. The number of halogens is 1. The second-order valence-corrected chi connectivity index (χ2v) is 5.84. The number of pyridine rings is 1. The molecule has 0 bridgehead atoms. The molecule has 0 aliphatic carbocycles. The second kappa shape index (κ2) is 7.97. The number of nitrogens with one attached hydrogen (secondary N) is 1. The first-order valence-corrected chi connectivity index (χ1v) is 8.18. The van der Waals surface area contributed by atoms with Crippen molar-refractivity contribution in [2.45, 2.75) is 27.2 Å². The van der Waals surface area contributed by atoms with Gasteiger partial charge < -0.3 is 10.2 Å². The van der Waals surface area contributed by atoms with Crippen molar-refractivity contribution in [3.8, 4) is 0 Å². The molecule has 1 aromatic heterocycles. The van der Waals surface area contributed by atoms with E-state index in [1.807, 2.05) is 55.5 Å². The Morgan fingerprint density at radius 3 is 2.78 bits per heavy atom. The van der Waals surface area contributed by atoms with E-state index in [0.717, 1.165) is 41.4 Å². The third-order valence-electron chi connectivity index (χ3n) is 3.67. The molecule has 122 valence electrons. The van der Waals surface area contributed by atoms with Gasteiger partial charge in [0.15, 0.2) is 0 Å². The molecule has 4 nitrogen and oxygen atoms in total. The Labute approximate surface area is 143 Å². The number of anilines is 2. The molecule has 0 fully saturated rings. The third kappa shape index (κ3) is 4.70. The predicted octanol–water partition coefficient (Wildman–Crippen LogP) is 4.96. The molecule has 5 heteroatoms. The van der Waals surface area contributed by atoms with Gasteiger partial charge in [0.1, 0.15) is 5.82 Å². The molecule has 0 unspecified atom stereocenters. The van der Waals surface area contributed by atoms with Crippen LogP contribution in [-0.2, 0) is 6.42 Å². The average molecular weight is 331 g/mol. The van der Waals surface area contributed by atoms with Crippen LogP contribution >= 0.6 is 11.6 Å². The lowest BCUT2D eigenvalue weighted by Crippen LogP contribution is -2.14. The molecule has 0 saturated heterocycles. The molecule has 0 aliphatic rings. The minimum Gasteiger partial charge on any atom is -0.366 e. The smallest absolute Gasteiger partial charge is 0.130 e. The van der Waals surface area contributed by atoms with Crippen molar-refractivity contribution >= 4 is 35.1 Å². The first kappa shape index (κ1) is 17.3. The van der Waals surface area contributed by atoms with Crippen molar-refractivity contribution in [2.75, 3.05) is 18.9 Å². The maximum atomic E-state index is 6.25. The monoisotopic (exact) mass is 330 g/mol. The zero-order chi connectivity index (χ0) is 16.8. The van der Waals surface area contributed by atoms with Crippen LogP contribution in [0.1, 0.15) is 25.1 Å². The predicted molar refractivity (Wildman–Crippen MR) is 99.5 cm³/mol. The van der Waals surface area contributed by atoms with Gasteiger partial charge in [-0.1, -0.05) is 24.6 Å². The number of nitrogens with zero attached hydrogens (tertiary/aromatic N) is 3. The highest BCUT2D eigenvalue weighted by atomic mass is 35.5. The minimum atomic E-state index is 0.649. The maximum Gasteiger partial charge on any atom is 0.130 e. The summed E-state index contributed by atoms with van der Waals surface area (Å²) in [5.74, 6) is 0.815. The number of hydrogen-bond acceptors (Lipinski definition) is 3. The maximum absolute atomic E-state index is 6.25. The lowest BCUT2D eigenvalue weighted by atomic mass is 10.1. The van der Waals surface area contributed by atoms with Crippen molar-refractivity contribution in [3.05, 3.63) is 46.6 Å². The van der Waals surface area contributed by atoms with E-state index in [0.29, 0.717) is 5.02 Å². The SMILES string of the molecule is CCc1cccc(Nc2cc(Cl)cc(/N=C\N(C)CC)c2C)n1. The first-order valence-electron chi connectivity index (χ1n) is 7.81. The van der Waals surface area contributed by atoms with E-state index in [-0.39, 0.29) is 0 Å². The van der Waals surface area contributed by atoms with E-state index in [2.05, 4.69) is 29.1 Å². The van der Waals surface area contributed by atoms with Crippen LogP contribution in [0.15, 0.2) is 35.3 Å². The van der Waals surface area contributed by atoms with Gasteiger partial charge >= 0.3 is 0 Å². The molecule has 0 aliphatic heterocycles. The molecule has 23 heavy (non-hydrogen) atoms. The Morgan fingerprint density at radius 1 is 1.30 bits per heavy atom. The van der Waals surface area contributed by atoms with Crippen LogP contribution in [0.2, 0.25) is 5.02 Å². The quantitative estimate of drug-likeness (QED) is 0.601. The number of aryl methyl sites for hydroxylation is 1. The summed E-state index contributed by atoms with van der Waals surface area (Å²) in [6.07, 6.45) is 2.72. The van der Waals surface area contributed by atoms with E-state index >= 15 is 0 Å². The van der Waals surface area contributed by atoms with Crippen LogP contribution in [0.5, 0.6) is 0 Å². The summed E-state index contributed by atoms with van der Waals surface area (Å²) in [7, 11) is 1.99. The fraction of sp³-hybridized carbons (Fsp3) is 0.333. The van der Waals surface area contributed by atoms with E-state index in [9.17, 15) is 0 Å². The van der Waals surface area contributed by atoms with Crippen LogP contribution in [0.25, 0.3) is 0 Å². The van der Waals surface area contributed by atoms with Crippen molar-refractivity contribution in [2.24, 2.45) is 4.99 Å². The Bertz CT molecular complexity index is 697. The molecule has 0 spiro atoms. The number of rotatable bonds is 6. The zero-order valence-electron chi connectivity index (χ0n) is 14.1. The summed E-state index contributed by atoms with van der Waals surface area (Å²) in [6.45, 7) is 7.10. The van der Waals surface area contributed by atoms with Gasteiger partial charge in [-0.2, -0.15) is 0 Å². The van der Waals surface area contributed by atoms with Gasteiger partial charge in [-0.25, -0.2) is 9.98 Å². The van der Waals surface area contributed by atoms with Gasteiger partial charge in [0, 0.05) is 30.0 Å². The van der Waals surface area contributed by atoms with Gasteiger partial charge in [0.25, 0.3) is 0 Å². The molecule has 1 N–H and O–H groups in total. The number of hydrogen-bond donors (Lipinski definition) is 1. The van der Waals surface area contributed by atoms with E-state index in [4.69, 9.17) is 11.6 Å². The van der Waals surface area contributed by atoms with Crippen LogP contribution in [0.4, 0.5) is 17.2 Å². The number of aliphatic imine (C=N–C) groups is 1. The Hall–Kier alpha value is -2.07. The highest BCUT2D eigenvalue weighted by molar-refractivity contribution is 6.31. The minimum absolute atomic E-state index is 0.649. The standard InChI is InChI=1S/C18H23ClN4/c1-5-15-8-7-9-18(21-15)22-17-11-14(19)10-16(13(17)3)20-12-23(4)6-2/h7-12H,5-6H2,1-4H3,(H,21,22)/b20-12-. The van der Waals surface area contributed by atoms with Gasteiger partial charge in [0.05, 0.1) is 12.0 Å². The summed E-state index contributed by atoms with van der Waals surface area (Å²) >= 11 is 6.25. The van der Waals surface area contributed by atoms with Crippen molar-refractivity contribution < 1.29 is 0 Å². The highest BCUT2D eigenvalue weighted by Crippen LogP contribution is 2.32. The molecule has 2 rings (SSSR count). The molecule has 0 atom stereocenters. The molecule has 2 aromatic rings. The van der Waals surface area contributed by atoms with E-state index in [1.165, 1.54) is 0 Å². The van der Waals surface area contributed by atoms with Gasteiger partial charge in [-0.15, -0.1) is 0 Å². The summed E-state index contributed by atoms with van der Waals surface area (Å²) in [6, 6.07) is 9.75. The Kier molecular flexibility index (Phi) is 5.99. The van der Waals surface area contributed by atoms with Crippen molar-refractivity contribution in [3.63, 3.8) is 0 Å². The number of aromatic nitrogens is 1. The Balaban J connectivity index is 2.31. The van der Waals surface area contributed by atoms with Crippen LogP contribution in [0.3, 0.4) is 0 Å². The van der Waals surface area contributed by atoms with Gasteiger partial charge in [0.2, 0.25) is 0 Å². The molecule has 0 radical (unpaired) electrons. The first-order chi connectivity index (χ1) is 11.0. The van der Waals surface area contributed by atoms with Crippen LogP contribution in [-0.4, -0.2) is 29.8 Å². The molecule has 0 saturated carbocycles. The normalized spacial score (nSPS) is 11.0. The summed E-state index contributed by atoms with van der Waals surface area (Å²) in [5, 5.41) is 4.00. The fourth-order valence-electron chi connectivity index (χ4n) is 2.06. The van der Waals surface area contributed by atoms with Gasteiger partial charge in [-0.3, -0.25) is 0 Å². The molecule has 1 aromatic carbocycles. The topological polar surface area (TPSA) is 40.5 Å². The van der Waals surface area contributed by atoms with Crippen molar-refractivity contribution in [1.82, 2.24) is 9.88 Å². The molecular formula is C18H23ClN4. The van der Waals surface area contributed by atoms with Crippen LogP contribution < -0.4 is 5.32 Å². The second-order valence-electron chi connectivity index (χ2n) is 5.41. The average Bonchev–Trinajstić information content (AvgIpc) is 2.56. The summed E-state index contributed by atoms with van der Waals surface area (Å²) in [4.78, 5) is 11.1. The molecular weight excluding hydrogens is 308 g/mol. The van der Waals surface area contributed by atoms with E-state index in [1.54, 1.807) is 0 Å². The lowest BCUT2D eigenvalue weighted by molar-refractivity contribution is 0.552. The number of benzene rings is 1. The van der Waals surface area contributed by atoms with Crippen LogP contribution in [0, 0.1) is 6.92 Å². The third-order valence-corrected chi connectivity index (χ3v) is 3.89. The Morgan fingerprint density at radius 2 is 2.09 bits per heavy atom. The summed E-state index contributed by atoms with van der Waals surface area (Å²) in [5.41, 5.74) is 3.87. The highest BCUT2D eigenvalue weighted by Gasteiger charge is 2.07. The molecule has 1 heterocycles. The van der Waals surface area contributed by atoms with E-state index < -0.39 is 0 Å². The fourth-order valence-corrected chi connectivity index (χ4v) is 2.27. The lowest BCUT2D eigenvalue weighted by Gasteiger charge is -2.13. The zero-order valence-corrected chi connectivity index (χ0v) is 14.9. The molecule has 0 amide bonds. The van der Waals surface area contributed by atoms with Gasteiger partial charge in [-0.05, 0) is 50.1 Å². The van der Waals surface area contributed by atoms with Crippen molar-refractivity contribution in [1.29, 1.82) is 0 Å². The summed E-state index contributed by atoms with van der Waals surface area (Å²) < 4.78 is 0.